The lowest BCUT2D eigenvalue weighted by molar-refractivity contribution is -0.0204. The maximum atomic E-state index is 11.8. The quantitative estimate of drug-likeness (QED) is 0.813. The highest BCUT2D eigenvalue weighted by Crippen LogP contribution is 2.14. The molecule has 2 nitrogen and oxygen atoms in total. The van der Waals surface area contributed by atoms with Crippen LogP contribution in [0.2, 0.25) is 0 Å². The van der Waals surface area contributed by atoms with Crippen LogP contribution >= 0.6 is 0 Å². The molecule has 0 aliphatic carbocycles. The minimum atomic E-state index is -2.49. The number of alkyl halides is 2. The lowest BCUT2D eigenvalue weighted by atomic mass is 10.1. The molecule has 0 saturated carbocycles. The Balaban J connectivity index is 2.43. The van der Waals surface area contributed by atoms with Crippen LogP contribution in [0.4, 0.5) is 8.78 Å². The normalized spacial score (nSPS) is 13.1. The largest absolute Gasteiger partial charge is 0.386 e. The van der Waals surface area contributed by atoms with Crippen LogP contribution in [0.15, 0.2) is 24.3 Å². The van der Waals surface area contributed by atoms with E-state index in [1.807, 2.05) is 19.1 Å². The average Bonchev–Trinajstić information content (AvgIpc) is 2.28. The van der Waals surface area contributed by atoms with E-state index in [0.29, 0.717) is 5.56 Å². The summed E-state index contributed by atoms with van der Waals surface area (Å²) in [5, 5.41) is 9.63. The van der Waals surface area contributed by atoms with Crippen LogP contribution in [-0.4, -0.2) is 24.7 Å². The van der Waals surface area contributed by atoms with E-state index in [1.54, 1.807) is 12.1 Å². The summed E-state index contributed by atoms with van der Waals surface area (Å²) in [5.41, 5.74) is 1.86. The van der Waals surface area contributed by atoms with Crippen molar-refractivity contribution in [1.82, 2.24) is 0 Å². The topological polar surface area (TPSA) is 29.5 Å². The van der Waals surface area contributed by atoms with E-state index in [9.17, 15) is 13.9 Å². The van der Waals surface area contributed by atoms with Crippen molar-refractivity contribution < 1.29 is 18.6 Å². The highest BCUT2D eigenvalue weighted by Gasteiger charge is 2.09. The minimum absolute atomic E-state index is 0.101. The molecule has 0 aromatic heterocycles. The molecule has 1 N–H and O–H groups in total. The molecular formula is C12H16F2O2. The van der Waals surface area contributed by atoms with Gasteiger partial charge in [-0.2, -0.15) is 0 Å². The number of halogens is 2. The molecule has 0 aliphatic rings. The van der Waals surface area contributed by atoms with Gasteiger partial charge >= 0.3 is 0 Å². The van der Waals surface area contributed by atoms with Gasteiger partial charge in [-0.3, -0.25) is 0 Å². The number of aliphatic hydroxyl groups excluding tert-OH is 1. The van der Waals surface area contributed by atoms with E-state index >= 15 is 0 Å². The molecule has 1 unspecified atom stereocenters. The van der Waals surface area contributed by atoms with E-state index < -0.39 is 19.1 Å². The second kappa shape index (κ2) is 6.55. The summed E-state index contributed by atoms with van der Waals surface area (Å²) in [5.74, 6) is 0. The van der Waals surface area contributed by atoms with Gasteiger partial charge in [0.05, 0.1) is 6.61 Å². The smallest absolute Gasteiger partial charge is 0.261 e. The molecule has 1 aromatic rings. The van der Waals surface area contributed by atoms with Gasteiger partial charge in [-0.1, -0.05) is 31.2 Å². The van der Waals surface area contributed by atoms with E-state index in [-0.39, 0.29) is 6.61 Å². The Morgan fingerprint density at radius 2 is 1.81 bits per heavy atom. The summed E-state index contributed by atoms with van der Waals surface area (Å²) in [6.07, 6.45) is -2.41. The van der Waals surface area contributed by atoms with Gasteiger partial charge in [-0.05, 0) is 17.5 Å². The van der Waals surface area contributed by atoms with Crippen LogP contribution in [0, 0.1) is 0 Å². The van der Waals surface area contributed by atoms with Crippen molar-refractivity contribution in [3.05, 3.63) is 35.4 Å². The molecule has 16 heavy (non-hydrogen) atoms. The molecule has 4 heteroatoms. The molecule has 0 heterocycles. The van der Waals surface area contributed by atoms with Gasteiger partial charge < -0.3 is 9.84 Å². The molecule has 0 radical (unpaired) electrons. The van der Waals surface area contributed by atoms with Crippen molar-refractivity contribution in [2.75, 3.05) is 13.2 Å². The van der Waals surface area contributed by atoms with Crippen LogP contribution in [0.25, 0.3) is 0 Å². The molecule has 1 rings (SSSR count). The molecule has 0 spiro atoms. The van der Waals surface area contributed by atoms with Crippen LogP contribution in [-0.2, 0) is 11.2 Å². The number of hydrogen-bond donors (Lipinski definition) is 1. The minimum Gasteiger partial charge on any atom is -0.386 e. The molecule has 0 amide bonds. The molecule has 1 atom stereocenters. The number of aryl methyl sites for hydroxylation is 1. The second-order valence-electron chi connectivity index (χ2n) is 3.54. The number of aliphatic hydroxyl groups is 1. The highest BCUT2D eigenvalue weighted by atomic mass is 19.3. The van der Waals surface area contributed by atoms with Crippen molar-refractivity contribution in [1.29, 1.82) is 0 Å². The first kappa shape index (κ1) is 13.1. The van der Waals surface area contributed by atoms with Gasteiger partial charge in [0.25, 0.3) is 6.43 Å². The summed E-state index contributed by atoms with van der Waals surface area (Å²) in [6.45, 7) is 1.30. The van der Waals surface area contributed by atoms with Crippen molar-refractivity contribution in [3.8, 4) is 0 Å². The maximum Gasteiger partial charge on any atom is 0.261 e. The Morgan fingerprint density at radius 1 is 1.19 bits per heavy atom. The van der Waals surface area contributed by atoms with Crippen molar-refractivity contribution in [2.45, 2.75) is 25.9 Å². The summed E-state index contributed by atoms with van der Waals surface area (Å²) < 4.78 is 28.2. The van der Waals surface area contributed by atoms with E-state index in [4.69, 9.17) is 0 Å². The first-order chi connectivity index (χ1) is 7.63. The molecule has 0 aliphatic heterocycles. The van der Waals surface area contributed by atoms with Gasteiger partial charge in [0.1, 0.15) is 12.7 Å². The Kier molecular flexibility index (Phi) is 5.35. The summed E-state index contributed by atoms with van der Waals surface area (Å²) in [7, 11) is 0. The van der Waals surface area contributed by atoms with Crippen LogP contribution in [0.3, 0.4) is 0 Å². The zero-order chi connectivity index (χ0) is 12.0. The third kappa shape index (κ3) is 4.24. The Morgan fingerprint density at radius 3 is 2.31 bits per heavy atom. The lowest BCUT2D eigenvalue weighted by Gasteiger charge is -2.11. The number of benzene rings is 1. The molecule has 90 valence electrons. The van der Waals surface area contributed by atoms with Gasteiger partial charge in [0.2, 0.25) is 0 Å². The fourth-order valence-electron chi connectivity index (χ4n) is 1.34. The molecule has 0 saturated heterocycles. The first-order valence-corrected chi connectivity index (χ1v) is 5.26. The van der Waals surface area contributed by atoms with Gasteiger partial charge in [-0.15, -0.1) is 0 Å². The van der Waals surface area contributed by atoms with Crippen LogP contribution in [0.5, 0.6) is 0 Å². The highest BCUT2D eigenvalue weighted by molar-refractivity contribution is 5.24. The zero-order valence-corrected chi connectivity index (χ0v) is 9.20. The fraction of sp³-hybridized carbons (Fsp3) is 0.500. The SMILES string of the molecule is CCc1ccc(C(O)COCC(F)F)cc1. The molecule has 1 aromatic carbocycles. The summed E-state index contributed by atoms with van der Waals surface area (Å²) >= 11 is 0. The Bertz CT molecular complexity index is 298. The van der Waals surface area contributed by atoms with E-state index in [0.717, 1.165) is 6.42 Å². The monoisotopic (exact) mass is 230 g/mol. The zero-order valence-electron chi connectivity index (χ0n) is 9.20. The third-order valence-corrected chi connectivity index (χ3v) is 2.29. The fourth-order valence-corrected chi connectivity index (χ4v) is 1.34. The molecular weight excluding hydrogens is 214 g/mol. The Hall–Kier alpha value is -1.00. The maximum absolute atomic E-state index is 11.8. The lowest BCUT2D eigenvalue weighted by Crippen LogP contribution is -2.11. The van der Waals surface area contributed by atoms with Crippen molar-refractivity contribution >= 4 is 0 Å². The number of ether oxygens (including phenoxy) is 1. The predicted octanol–water partition coefficient (Wildman–Crippen LogP) is 2.56. The first-order valence-electron chi connectivity index (χ1n) is 5.26. The molecule has 0 fully saturated rings. The van der Waals surface area contributed by atoms with E-state index in [1.165, 1.54) is 5.56 Å². The van der Waals surface area contributed by atoms with Crippen LogP contribution < -0.4 is 0 Å². The van der Waals surface area contributed by atoms with Gasteiger partial charge in [0.15, 0.2) is 0 Å². The predicted molar refractivity (Wildman–Crippen MR) is 57.6 cm³/mol. The molecule has 0 bridgehead atoms. The number of hydrogen-bond acceptors (Lipinski definition) is 2. The van der Waals surface area contributed by atoms with Gasteiger partial charge in [0, 0.05) is 0 Å². The van der Waals surface area contributed by atoms with Crippen molar-refractivity contribution in [3.63, 3.8) is 0 Å². The second-order valence-corrected chi connectivity index (χ2v) is 3.54. The summed E-state index contributed by atoms with van der Waals surface area (Å²) in [6, 6.07) is 7.39. The van der Waals surface area contributed by atoms with Gasteiger partial charge in [-0.25, -0.2) is 8.78 Å². The van der Waals surface area contributed by atoms with Crippen molar-refractivity contribution in [2.24, 2.45) is 0 Å². The van der Waals surface area contributed by atoms with Crippen LogP contribution in [0.1, 0.15) is 24.2 Å². The third-order valence-electron chi connectivity index (χ3n) is 2.29. The Labute approximate surface area is 93.9 Å². The summed E-state index contributed by atoms with van der Waals surface area (Å²) in [4.78, 5) is 0. The standard InChI is InChI=1S/C12H16F2O2/c1-2-9-3-5-10(6-4-9)11(15)7-16-8-12(13)14/h3-6,11-12,15H,2,7-8H2,1H3. The average molecular weight is 230 g/mol. The number of rotatable bonds is 6. The van der Waals surface area contributed by atoms with E-state index in [2.05, 4.69) is 4.74 Å².